The first-order valence-electron chi connectivity index (χ1n) is 8.95. The number of piperidine rings is 1. The number of nitrogens with zero attached hydrogens (tertiary/aromatic N) is 2. The van der Waals surface area contributed by atoms with Crippen molar-refractivity contribution in [1.82, 2.24) is 4.90 Å². The van der Waals surface area contributed by atoms with E-state index in [4.69, 9.17) is 9.47 Å². The number of non-ortho nitro benzene ring substituents is 1. The summed E-state index contributed by atoms with van der Waals surface area (Å²) in [6.07, 6.45) is 1.89. The number of rotatable bonds is 8. The van der Waals surface area contributed by atoms with Gasteiger partial charge in [0.05, 0.1) is 30.2 Å². The van der Waals surface area contributed by atoms with Gasteiger partial charge in [-0.3, -0.25) is 19.7 Å². The summed E-state index contributed by atoms with van der Waals surface area (Å²) < 4.78 is 10.2. The molecule has 1 amide bonds. The van der Waals surface area contributed by atoms with Crippen LogP contribution in [0.5, 0.6) is 5.75 Å². The lowest BCUT2D eigenvalue weighted by Crippen LogP contribution is -2.40. The average Bonchev–Trinajstić information content (AvgIpc) is 2.66. The second kappa shape index (κ2) is 11.5. The number of anilines is 1. The lowest BCUT2D eigenvalue weighted by atomic mass is 9.98. The van der Waals surface area contributed by atoms with Crippen LogP contribution in [0, 0.1) is 16.0 Å². The molecule has 9 nitrogen and oxygen atoms in total. The number of amides is 1. The van der Waals surface area contributed by atoms with Crippen molar-refractivity contribution in [1.29, 1.82) is 0 Å². The molecule has 1 aromatic carbocycles. The van der Waals surface area contributed by atoms with Gasteiger partial charge in [-0.05, 0) is 32.4 Å². The Morgan fingerprint density at radius 3 is 2.79 bits per heavy atom. The van der Waals surface area contributed by atoms with E-state index in [0.29, 0.717) is 25.4 Å². The normalized spacial score (nSPS) is 16.6. The van der Waals surface area contributed by atoms with Crippen LogP contribution in [-0.4, -0.2) is 55.1 Å². The Balaban J connectivity index is 0.00000392. The molecule has 28 heavy (non-hydrogen) atoms. The van der Waals surface area contributed by atoms with Crippen molar-refractivity contribution < 1.29 is 24.0 Å². The second-order valence-corrected chi connectivity index (χ2v) is 6.33. The monoisotopic (exact) mass is 415 g/mol. The van der Waals surface area contributed by atoms with E-state index in [0.717, 1.165) is 19.4 Å². The molecule has 0 aromatic heterocycles. The van der Waals surface area contributed by atoms with Gasteiger partial charge < -0.3 is 19.7 Å². The smallest absolute Gasteiger partial charge is 0.310 e. The summed E-state index contributed by atoms with van der Waals surface area (Å²) in [5.74, 6) is -0.257. The van der Waals surface area contributed by atoms with E-state index in [1.165, 1.54) is 25.3 Å². The predicted molar refractivity (Wildman–Crippen MR) is 106 cm³/mol. The Kier molecular flexibility index (Phi) is 9.67. The van der Waals surface area contributed by atoms with Gasteiger partial charge in [0, 0.05) is 31.6 Å². The molecule has 156 valence electrons. The third-order valence-electron chi connectivity index (χ3n) is 4.45. The quantitative estimate of drug-likeness (QED) is 0.394. The van der Waals surface area contributed by atoms with E-state index in [2.05, 4.69) is 10.2 Å². The molecule has 1 fully saturated rings. The van der Waals surface area contributed by atoms with Gasteiger partial charge in [0.1, 0.15) is 5.75 Å². The van der Waals surface area contributed by atoms with Crippen molar-refractivity contribution in [2.45, 2.75) is 26.2 Å². The van der Waals surface area contributed by atoms with Gasteiger partial charge in [-0.25, -0.2) is 0 Å². The molecule has 1 saturated heterocycles. The number of benzene rings is 1. The van der Waals surface area contributed by atoms with Gasteiger partial charge in [-0.15, -0.1) is 12.4 Å². The fourth-order valence-corrected chi connectivity index (χ4v) is 3.09. The maximum absolute atomic E-state index is 12.3. The molecule has 2 rings (SSSR count). The maximum Gasteiger partial charge on any atom is 0.310 e. The summed E-state index contributed by atoms with van der Waals surface area (Å²) in [7, 11) is 1.43. The minimum absolute atomic E-state index is 0. The molecule has 0 bridgehead atoms. The highest BCUT2D eigenvalue weighted by atomic mass is 35.5. The number of likely N-dealkylation sites (tertiary alicyclic amines) is 1. The zero-order valence-electron chi connectivity index (χ0n) is 16.0. The van der Waals surface area contributed by atoms with E-state index in [1.54, 1.807) is 6.92 Å². The third kappa shape index (κ3) is 6.65. The number of carbonyl (C=O) groups excluding carboxylic acids is 2. The minimum atomic E-state index is -0.529. The zero-order chi connectivity index (χ0) is 19.8. The molecular formula is C18H26ClN3O6. The van der Waals surface area contributed by atoms with Crippen molar-refractivity contribution in [2.24, 2.45) is 5.92 Å². The van der Waals surface area contributed by atoms with Crippen LogP contribution in [-0.2, 0) is 14.3 Å². The van der Waals surface area contributed by atoms with Crippen LogP contribution >= 0.6 is 12.4 Å². The topological polar surface area (TPSA) is 111 Å². The molecule has 0 spiro atoms. The fourth-order valence-electron chi connectivity index (χ4n) is 3.09. The van der Waals surface area contributed by atoms with E-state index < -0.39 is 4.92 Å². The molecule has 1 atom stereocenters. The number of methoxy groups -OCH3 is 1. The Labute approximate surface area is 169 Å². The van der Waals surface area contributed by atoms with Crippen molar-refractivity contribution in [3.63, 3.8) is 0 Å². The highest BCUT2D eigenvalue weighted by Crippen LogP contribution is 2.29. The van der Waals surface area contributed by atoms with Gasteiger partial charge in [-0.1, -0.05) is 0 Å². The van der Waals surface area contributed by atoms with E-state index in [1.807, 2.05) is 0 Å². The lowest BCUT2D eigenvalue weighted by Gasteiger charge is -2.31. The van der Waals surface area contributed by atoms with Gasteiger partial charge >= 0.3 is 5.97 Å². The number of ether oxygens (including phenoxy) is 2. The van der Waals surface area contributed by atoms with E-state index in [9.17, 15) is 19.7 Å². The highest BCUT2D eigenvalue weighted by molar-refractivity contribution is 5.92. The molecule has 1 aromatic rings. The van der Waals surface area contributed by atoms with Gasteiger partial charge in [0.25, 0.3) is 5.69 Å². The van der Waals surface area contributed by atoms with Gasteiger partial charge in [-0.2, -0.15) is 0 Å². The number of nitro groups is 1. The maximum atomic E-state index is 12.3. The van der Waals surface area contributed by atoms with E-state index >= 15 is 0 Å². The van der Waals surface area contributed by atoms with Crippen LogP contribution in [0.2, 0.25) is 0 Å². The van der Waals surface area contributed by atoms with Crippen molar-refractivity contribution in [2.75, 3.05) is 38.7 Å². The first kappa shape index (κ1) is 23.6. The summed E-state index contributed by atoms with van der Waals surface area (Å²) in [6, 6.07) is 4.04. The number of hydrogen-bond acceptors (Lipinski definition) is 7. The molecule has 0 radical (unpaired) electrons. The standard InChI is InChI=1S/C18H25N3O6.ClH/c1-3-27-18(23)13-5-4-9-20(12-13)10-8-17(22)19-15-11-14(21(24)25)6-7-16(15)26-2;/h6-7,11,13H,3-5,8-10,12H2,1-2H3,(H,19,22);1H. The van der Waals surface area contributed by atoms with Crippen LogP contribution in [0.3, 0.4) is 0 Å². The average molecular weight is 416 g/mol. The largest absolute Gasteiger partial charge is 0.495 e. The zero-order valence-corrected chi connectivity index (χ0v) is 16.8. The fraction of sp³-hybridized carbons (Fsp3) is 0.556. The second-order valence-electron chi connectivity index (χ2n) is 6.33. The highest BCUT2D eigenvalue weighted by Gasteiger charge is 2.27. The van der Waals surface area contributed by atoms with Crippen molar-refractivity contribution in [3.8, 4) is 5.75 Å². The lowest BCUT2D eigenvalue weighted by molar-refractivity contribution is -0.384. The molecule has 1 N–H and O–H groups in total. The SMILES string of the molecule is CCOC(=O)C1CCCN(CCC(=O)Nc2cc([N+](=O)[O-])ccc2OC)C1.Cl. The van der Waals surface area contributed by atoms with Gasteiger partial charge in [0.2, 0.25) is 5.91 Å². The number of carbonyl (C=O) groups is 2. The molecule has 1 heterocycles. The molecule has 0 saturated carbocycles. The Morgan fingerprint density at radius 1 is 1.39 bits per heavy atom. The van der Waals surface area contributed by atoms with Crippen molar-refractivity contribution >= 4 is 35.7 Å². The molecule has 1 aliphatic heterocycles. The summed E-state index contributed by atoms with van der Waals surface area (Å²) in [5, 5.41) is 13.6. The van der Waals surface area contributed by atoms with Crippen molar-refractivity contribution in [3.05, 3.63) is 28.3 Å². The molecule has 1 aliphatic rings. The Hall–Kier alpha value is -2.39. The van der Waals surface area contributed by atoms with Crippen LogP contribution in [0.25, 0.3) is 0 Å². The predicted octanol–water partition coefficient (Wildman–Crippen LogP) is 2.63. The summed E-state index contributed by atoms with van der Waals surface area (Å²) in [4.78, 5) is 36.6. The number of nitro benzene ring substituents is 1. The number of halogens is 1. The van der Waals surface area contributed by atoms with Crippen LogP contribution < -0.4 is 10.1 Å². The van der Waals surface area contributed by atoms with Crippen LogP contribution in [0.1, 0.15) is 26.2 Å². The summed E-state index contributed by atoms with van der Waals surface area (Å²) in [6.45, 7) is 4.04. The summed E-state index contributed by atoms with van der Waals surface area (Å²) >= 11 is 0. The first-order valence-corrected chi connectivity index (χ1v) is 8.95. The Bertz CT molecular complexity index is 700. The number of nitrogens with one attached hydrogen (secondary N) is 1. The molecule has 1 unspecified atom stereocenters. The first-order chi connectivity index (χ1) is 12.9. The van der Waals surface area contributed by atoms with Crippen LogP contribution in [0.15, 0.2) is 18.2 Å². The third-order valence-corrected chi connectivity index (χ3v) is 4.45. The minimum Gasteiger partial charge on any atom is -0.495 e. The number of hydrogen-bond donors (Lipinski definition) is 1. The molecular weight excluding hydrogens is 390 g/mol. The summed E-state index contributed by atoms with van der Waals surface area (Å²) in [5.41, 5.74) is 0.138. The van der Waals surface area contributed by atoms with Crippen LogP contribution in [0.4, 0.5) is 11.4 Å². The van der Waals surface area contributed by atoms with E-state index in [-0.39, 0.29) is 48.0 Å². The molecule has 0 aliphatic carbocycles. The Morgan fingerprint density at radius 2 is 2.14 bits per heavy atom. The molecule has 10 heteroatoms. The van der Waals surface area contributed by atoms with Gasteiger partial charge in [0.15, 0.2) is 0 Å². The number of esters is 1.